The highest BCUT2D eigenvalue weighted by Crippen LogP contribution is 2.23. The maximum Gasteiger partial charge on any atom is 0.243 e. The Morgan fingerprint density at radius 1 is 1.19 bits per heavy atom. The molecule has 27 heavy (non-hydrogen) atoms. The minimum atomic E-state index is -3.62. The second-order valence-corrected chi connectivity index (χ2v) is 8.89. The fraction of sp³-hybridized carbons (Fsp3) is 0.350. The van der Waals surface area contributed by atoms with Crippen molar-refractivity contribution in [1.82, 2.24) is 5.32 Å². The Kier molecular flexibility index (Phi) is 7.27. The van der Waals surface area contributed by atoms with Crippen molar-refractivity contribution in [2.45, 2.75) is 32.7 Å². The van der Waals surface area contributed by atoms with Crippen LogP contribution in [0.3, 0.4) is 0 Å². The van der Waals surface area contributed by atoms with Crippen molar-refractivity contribution in [1.29, 1.82) is 0 Å². The van der Waals surface area contributed by atoms with E-state index in [1.165, 1.54) is 11.1 Å². The molecule has 0 heterocycles. The van der Waals surface area contributed by atoms with Gasteiger partial charge in [-0.1, -0.05) is 41.4 Å². The Morgan fingerprint density at radius 2 is 1.85 bits per heavy atom. The average molecular weight is 409 g/mol. The molecule has 0 radical (unpaired) electrons. The van der Waals surface area contributed by atoms with Gasteiger partial charge in [0.05, 0.1) is 11.9 Å². The van der Waals surface area contributed by atoms with Crippen molar-refractivity contribution < 1.29 is 13.2 Å². The zero-order valence-electron chi connectivity index (χ0n) is 15.8. The second-order valence-electron chi connectivity index (χ2n) is 6.59. The van der Waals surface area contributed by atoms with E-state index in [1.807, 2.05) is 19.1 Å². The molecule has 2 rings (SSSR count). The van der Waals surface area contributed by atoms with Gasteiger partial charge in [0.15, 0.2) is 0 Å². The van der Waals surface area contributed by atoms with Crippen LogP contribution in [-0.4, -0.2) is 33.2 Å². The van der Waals surface area contributed by atoms with E-state index in [4.69, 9.17) is 11.6 Å². The zero-order valence-corrected chi connectivity index (χ0v) is 17.3. The van der Waals surface area contributed by atoms with Crippen LogP contribution >= 0.6 is 11.6 Å². The summed E-state index contributed by atoms with van der Waals surface area (Å²) in [6.45, 7) is 4.10. The summed E-state index contributed by atoms with van der Waals surface area (Å²) in [6, 6.07) is 13.8. The Morgan fingerprint density at radius 3 is 2.44 bits per heavy atom. The second kappa shape index (κ2) is 9.24. The number of carbonyl (C=O) groups is 1. The first-order valence-electron chi connectivity index (χ1n) is 8.76. The van der Waals surface area contributed by atoms with E-state index >= 15 is 0 Å². The summed E-state index contributed by atoms with van der Waals surface area (Å²) in [5.74, 6) is -0.334. The predicted octanol–water partition coefficient (Wildman–Crippen LogP) is 3.55. The molecule has 7 heteroatoms. The fourth-order valence-corrected chi connectivity index (χ4v) is 4.22. The summed E-state index contributed by atoms with van der Waals surface area (Å²) in [6.07, 6.45) is 2.72. The highest BCUT2D eigenvalue weighted by molar-refractivity contribution is 7.92. The lowest BCUT2D eigenvalue weighted by atomic mass is 10.1. The molecule has 0 spiro atoms. The third kappa shape index (κ3) is 6.26. The lowest BCUT2D eigenvalue weighted by Gasteiger charge is -2.28. The minimum absolute atomic E-state index is 0.334. The van der Waals surface area contributed by atoms with Crippen molar-refractivity contribution in [3.63, 3.8) is 0 Å². The molecule has 1 amide bonds. The smallest absolute Gasteiger partial charge is 0.243 e. The van der Waals surface area contributed by atoms with Gasteiger partial charge in [0, 0.05) is 11.6 Å². The van der Waals surface area contributed by atoms with E-state index in [1.54, 1.807) is 31.2 Å². The number of halogens is 1. The molecule has 0 aliphatic heterocycles. The predicted molar refractivity (Wildman–Crippen MR) is 111 cm³/mol. The Balaban J connectivity index is 1.97. The first-order valence-corrected chi connectivity index (χ1v) is 11.0. The first kappa shape index (κ1) is 21.3. The van der Waals surface area contributed by atoms with Gasteiger partial charge in [-0.3, -0.25) is 9.10 Å². The molecule has 5 nitrogen and oxygen atoms in total. The molecule has 0 aliphatic rings. The standard InChI is InChI=1S/C20H25ClN2O3S/c1-15-6-4-7-17(14-15)8-5-13-22-20(24)16(2)23(27(3,25)26)19-11-9-18(21)10-12-19/h4,6-7,9-12,14,16H,5,8,13H2,1-3H3,(H,22,24)/t16-/m1/s1. The number of hydrogen-bond acceptors (Lipinski definition) is 3. The van der Waals surface area contributed by atoms with Crippen LogP contribution in [0, 0.1) is 6.92 Å². The fourth-order valence-electron chi connectivity index (χ4n) is 2.92. The molecule has 1 N–H and O–H groups in total. The van der Waals surface area contributed by atoms with Crippen molar-refractivity contribution in [2.75, 3.05) is 17.1 Å². The Bertz CT molecular complexity index is 882. The van der Waals surface area contributed by atoms with Crippen molar-refractivity contribution in [2.24, 2.45) is 0 Å². The first-order chi connectivity index (χ1) is 12.7. The van der Waals surface area contributed by atoms with Crippen LogP contribution in [0.25, 0.3) is 0 Å². The highest BCUT2D eigenvalue weighted by atomic mass is 35.5. The van der Waals surface area contributed by atoms with Crippen molar-refractivity contribution in [3.05, 3.63) is 64.7 Å². The molecule has 0 fully saturated rings. The van der Waals surface area contributed by atoms with Gasteiger partial charge in [0.25, 0.3) is 0 Å². The van der Waals surface area contributed by atoms with Gasteiger partial charge >= 0.3 is 0 Å². The number of amides is 1. The van der Waals surface area contributed by atoms with Gasteiger partial charge in [0.2, 0.25) is 15.9 Å². The molecule has 0 unspecified atom stereocenters. The van der Waals surface area contributed by atoms with Crippen LogP contribution < -0.4 is 9.62 Å². The van der Waals surface area contributed by atoms with E-state index < -0.39 is 16.1 Å². The molecule has 2 aromatic rings. The normalized spacial score (nSPS) is 12.4. The van der Waals surface area contributed by atoms with Gasteiger partial charge in [-0.2, -0.15) is 0 Å². The van der Waals surface area contributed by atoms with Crippen LogP contribution in [0.2, 0.25) is 5.02 Å². The Hall–Kier alpha value is -2.05. The molecule has 0 aliphatic carbocycles. The SMILES string of the molecule is Cc1cccc(CCCNC(=O)[C@@H](C)N(c2ccc(Cl)cc2)S(C)(=O)=O)c1. The van der Waals surface area contributed by atoms with E-state index in [0.29, 0.717) is 17.3 Å². The third-order valence-electron chi connectivity index (χ3n) is 4.19. The maximum atomic E-state index is 12.5. The van der Waals surface area contributed by atoms with Crippen molar-refractivity contribution >= 4 is 33.2 Å². The van der Waals surface area contributed by atoms with Gasteiger partial charge in [0.1, 0.15) is 6.04 Å². The van der Waals surface area contributed by atoms with Gasteiger partial charge in [-0.05, 0) is 56.5 Å². The zero-order chi connectivity index (χ0) is 20.0. The largest absolute Gasteiger partial charge is 0.354 e. The van der Waals surface area contributed by atoms with E-state index in [-0.39, 0.29) is 5.91 Å². The monoisotopic (exact) mass is 408 g/mol. The van der Waals surface area contributed by atoms with Gasteiger partial charge in [-0.15, -0.1) is 0 Å². The summed E-state index contributed by atoms with van der Waals surface area (Å²) < 4.78 is 25.6. The number of nitrogens with zero attached hydrogens (tertiary/aromatic N) is 1. The quantitative estimate of drug-likeness (QED) is 0.679. The average Bonchev–Trinajstić information content (AvgIpc) is 2.59. The molecule has 0 aromatic heterocycles. The molecular weight excluding hydrogens is 384 g/mol. The van der Waals surface area contributed by atoms with Crippen LogP contribution in [0.5, 0.6) is 0 Å². The maximum absolute atomic E-state index is 12.5. The lowest BCUT2D eigenvalue weighted by molar-refractivity contribution is -0.121. The molecule has 2 aromatic carbocycles. The van der Waals surface area contributed by atoms with Crippen LogP contribution in [0.4, 0.5) is 5.69 Å². The topological polar surface area (TPSA) is 66.5 Å². The van der Waals surface area contributed by atoms with Crippen LogP contribution in [0.1, 0.15) is 24.5 Å². The summed E-state index contributed by atoms with van der Waals surface area (Å²) in [5, 5.41) is 3.33. The van der Waals surface area contributed by atoms with Gasteiger partial charge in [-0.25, -0.2) is 8.42 Å². The third-order valence-corrected chi connectivity index (χ3v) is 5.69. The van der Waals surface area contributed by atoms with E-state index in [2.05, 4.69) is 17.4 Å². The number of rotatable bonds is 8. The van der Waals surface area contributed by atoms with E-state index in [9.17, 15) is 13.2 Å². The number of aryl methyl sites for hydroxylation is 2. The number of sulfonamides is 1. The summed E-state index contributed by atoms with van der Waals surface area (Å²) >= 11 is 5.87. The number of nitrogens with one attached hydrogen (secondary N) is 1. The molecule has 146 valence electrons. The number of carbonyl (C=O) groups excluding carboxylic acids is 1. The molecular formula is C20H25ClN2O3S. The summed E-state index contributed by atoms with van der Waals surface area (Å²) in [4.78, 5) is 12.5. The van der Waals surface area contributed by atoms with Gasteiger partial charge < -0.3 is 5.32 Å². The summed E-state index contributed by atoms with van der Waals surface area (Å²) in [5.41, 5.74) is 2.83. The molecule has 0 bridgehead atoms. The highest BCUT2D eigenvalue weighted by Gasteiger charge is 2.28. The molecule has 0 saturated carbocycles. The lowest BCUT2D eigenvalue weighted by Crippen LogP contribution is -2.48. The van der Waals surface area contributed by atoms with Crippen LogP contribution in [-0.2, 0) is 21.2 Å². The summed E-state index contributed by atoms with van der Waals surface area (Å²) in [7, 11) is -3.62. The van der Waals surface area contributed by atoms with Crippen LogP contribution in [0.15, 0.2) is 48.5 Å². The number of hydrogen-bond donors (Lipinski definition) is 1. The van der Waals surface area contributed by atoms with E-state index in [0.717, 1.165) is 23.4 Å². The minimum Gasteiger partial charge on any atom is -0.354 e. The molecule has 1 atom stereocenters. The van der Waals surface area contributed by atoms with Crippen molar-refractivity contribution in [3.8, 4) is 0 Å². The Labute approximate surface area is 166 Å². The molecule has 0 saturated heterocycles. The number of benzene rings is 2. The number of anilines is 1.